The molecule has 1 aromatic carbocycles. The van der Waals surface area contributed by atoms with Crippen molar-refractivity contribution in [3.63, 3.8) is 0 Å². The van der Waals surface area contributed by atoms with Crippen molar-refractivity contribution in [3.05, 3.63) is 40.6 Å². The van der Waals surface area contributed by atoms with Crippen molar-refractivity contribution in [1.29, 1.82) is 0 Å². The summed E-state index contributed by atoms with van der Waals surface area (Å²) in [7, 11) is 0. The summed E-state index contributed by atoms with van der Waals surface area (Å²) in [5.74, 6) is 1.82. The number of nitrogens with one attached hydrogen (secondary N) is 1. The first-order valence-electron chi connectivity index (χ1n) is 10.3. The van der Waals surface area contributed by atoms with Crippen molar-refractivity contribution in [1.82, 2.24) is 14.7 Å². The van der Waals surface area contributed by atoms with Gasteiger partial charge >= 0.3 is 0 Å². The van der Waals surface area contributed by atoms with Crippen LogP contribution in [-0.4, -0.2) is 40.9 Å². The highest BCUT2D eigenvalue weighted by atomic mass is 15.3. The molecule has 1 saturated heterocycles. The number of likely N-dealkylation sites (tertiary alicyclic amines) is 1. The lowest BCUT2D eigenvalue weighted by Crippen LogP contribution is -2.34. The second-order valence-corrected chi connectivity index (χ2v) is 8.03. The van der Waals surface area contributed by atoms with E-state index >= 15 is 0 Å². The fourth-order valence-electron chi connectivity index (χ4n) is 4.64. The molecule has 0 saturated carbocycles. The second-order valence-electron chi connectivity index (χ2n) is 8.03. The number of piperidine rings is 1. The van der Waals surface area contributed by atoms with Crippen LogP contribution in [0.1, 0.15) is 60.9 Å². The van der Waals surface area contributed by atoms with Crippen LogP contribution in [0, 0.1) is 13.8 Å². The van der Waals surface area contributed by atoms with E-state index < -0.39 is 0 Å². The highest BCUT2D eigenvalue weighted by Gasteiger charge is 2.29. The molecule has 3 heterocycles. The molecule has 4 heteroatoms. The minimum absolute atomic E-state index is 0.573. The molecule has 0 bridgehead atoms. The van der Waals surface area contributed by atoms with Gasteiger partial charge in [0.2, 0.25) is 0 Å². The smallest absolute Gasteiger partial charge is 0.133 e. The zero-order valence-corrected chi connectivity index (χ0v) is 16.5. The average molecular weight is 353 g/mol. The molecule has 2 aromatic rings. The van der Waals surface area contributed by atoms with E-state index in [1.807, 2.05) is 0 Å². The van der Waals surface area contributed by atoms with Gasteiger partial charge in [0.25, 0.3) is 0 Å². The average Bonchev–Trinajstić information content (AvgIpc) is 2.83. The van der Waals surface area contributed by atoms with Crippen molar-refractivity contribution >= 4 is 5.82 Å². The fraction of sp³-hybridized carbons (Fsp3) is 0.591. The molecule has 1 N–H and O–H groups in total. The lowest BCUT2D eigenvalue weighted by Gasteiger charge is -2.31. The summed E-state index contributed by atoms with van der Waals surface area (Å²) in [5.41, 5.74) is 6.66. The maximum atomic E-state index is 5.21. The van der Waals surface area contributed by atoms with Crippen LogP contribution in [0.2, 0.25) is 0 Å². The summed E-state index contributed by atoms with van der Waals surface area (Å²) in [5, 5.41) is 8.92. The predicted octanol–water partition coefficient (Wildman–Crippen LogP) is 4.44. The van der Waals surface area contributed by atoms with E-state index in [0.29, 0.717) is 5.92 Å². The van der Waals surface area contributed by atoms with Gasteiger partial charge in [0.1, 0.15) is 5.82 Å². The normalized spacial score (nSPS) is 21.1. The van der Waals surface area contributed by atoms with Crippen molar-refractivity contribution < 1.29 is 0 Å². The Morgan fingerprint density at radius 2 is 2.08 bits per heavy atom. The number of rotatable bonds is 3. The molecule has 0 spiro atoms. The third kappa shape index (κ3) is 3.27. The summed E-state index contributed by atoms with van der Waals surface area (Å²) in [4.78, 5) is 2.58. The molecule has 1 aromatic heterocycles. The Hall–Kier alpha value is -1.81. The van der Waals surface area contributed by atoms with Gasteiger partial charge in [-0.25, -0.2) is 4.68 Å². The number of hydrogen-bond donors (Lipinski definition) is 1. The third-order valence-electron chi connectivity index (χ3n) is 6.08. The van der Waals surface area contributed by atoms with Gasteiger partial charge in [-0.3, -0.25) is 0 Å². The van der Waals surface area contributed by atoms with Crippen LogP contribution in [0.3, 0.4) is 0 Å². The number of nitrogens with zero attached hydrogens (tertiary/aromatic N) is 3. The van der Waals surface area contributed by atoms with Gasteiger partial charge in [-0.05, 0) is 70.7 Å². The largest absolute Gasteiger partial charge is 0.370 e. The van der Waals surface area contributed by atoms with E-state index in [4.69, 9.17) is 5.10 Å². The molecule has 1 unspecified atom stereocenters. The lowest BCUT2D eigenvalue weighted by atomic mass is 9.91. The molecule has 26 heavy (non-hydrogen) atoms. The predicted molar refractivity (Wildman–Crippen MR) is 109 cm³/mol. The summed E-state index contributed by atoms with van der Waals surface area (Å²) in [6.45, 7) is 11.2. The van der Waals surface area contributed by atoms with Gasteiger partial charge in [-0.2, -0.15) is 5.10 Å². The van der Waals surface area contributed by atoms with Crippen LogP contribution >= 0.6 is 0 Å². The van der Waals surface area contributed by atoms with Crippen molar-refractivity contribution in [2.45, 2.75) is 58.8 Å². The number of anilines is 1. The molecule has 1 atom stereocenters. The molecular formula is C22H32N4. The minimum Gasteiger partial charge on any atom is -0.370 e. The highest BCUT2D eigenvalue weighted by molar-refractivity contribution is 5.57. The number of fused-ring (bicyclic) bond motifs is 1. The Kier molecular flexibility index (Phi) is 5.03. The molecule has 0 aliphatic carbocycles. The minimum atomic E-state index is 0.573. The fourth-order valence-corrected chi connectivity index (χ4v) is 4.64. The zero-order valence-electron chi connectivity index (χ0n) is 16.5. The maximum Gasteiger partial charge on any atom is 0.133 e. The summed E-state index contributed by atoms with van der Waals surface area (Å²) >= 11 is 0. The van der Waals surface area contributed by atoms with Gasteiger partial charge in [0, 0.05) is 24.6 Å². The van der Waals surface area contributed by atoms with E-state index in [-0.39, 0.29) is 0 Å². The van der Waals surface area contributed by atoms with E-state index in [2.05, 4.69) is 53.9 Å². The molecule has 0 amide bonds. The number of likely N-dealkylation sites (N-methyl/N-ethyl adjacent to an activating group) is 1. The topological polar surface area (TPSA) is 33.1 Å². The quantitative estimate of drug-likeness (QED) is 0.887. The van der Waals surface area contributed by atoms with Crippen LogP contribution < -0.4 is 5.32 Å². The van der Waals surface area contributed by atoms with Gasteiger partial charge in [0.05, 0.1) is 11.4 Å². The first-order valence-corrected chi connectivity index (χ1v) is 10.3. The van der Waals surface area contributed by atoms with Gasteiger partial charge in [0.15, 0.2) is 0 Å². The van der Waals surface area contributed by atoms with Crippen LogP contribution in [0.4, 0.5) is 5.82 Å². The Morgan fingerprint density at radius 1 is 1.19 bits per heavy atom. The standard InChI is InChI=1S/C22H32N4/c1-4-25-13-7-8-18(15-25)21-19-9-5-6-12-23-22(19)26(24-21)20-11-10-16(2)14-17(20)3/h10-11,14,18,23H,4-9,12-13,15H2,1-3H3. The van der Waals surface area contributed by atoms with Crippen LogP contribution in [0.25, 0.3) is 5.69 Å². The Morgan fingerprint density at radius 3 is 2.88 bits per heavy atom. The first-order chi connectivity index (χ1) is 12.7. The Balaban J connectivity index is 1.79. The maximum absolute atomic E-state index is 5.21. The zero-order chi connectivity index (χ0) is 18.1. The Bertz CT molecular complexity index is 777. The SMILES string of the molecule is CCN1CCCC(c2nn(-c3ccc(C)cc3C)c3c2CCCCN3)C1. The summed E-state index contributed by atoms with van der Waals surface area (Å²) in [6.07, 6.45) is 6.22. The molecule has 140 valence electrons. The van der Waals surface area contributed by atoms with Crippen LogP contribution in [0.15, 0.2) is 18.2 Å². The monoisotopic (exact) mass is 352 g/mol. The number of aryl methyl sites for hydroxylation is 2. The number of benzene rings is 1. The molecule has 0 radical (unpaired) electrons. The van der Waals surface area contributed by atoms with Crippen LogP contribution in [0.5, 0.6) is 0 Å². The lowest BCUT2D eigenvalue weighted by molar-refractivity contribution is 0.215. The summed E-state index contributed by atoms with van der Waals surface area (Å²) < 4.78 is 2.20. The van der Waals surface area contributed by atoms with Gasteiger partial charge in [-0.1, -0.05) is 24.6 Å². The van der Waals surface area contributed by atoms with Crippen molar-refractivity contribution in [2.24, 2.45) is 0 Å². The highest BCUT2D eigenvalue weighted by Crippen LogP contribution is 2.36. The van der Waals surface area contributed by atoms with Crippen LogP contribution in [-0.2, 0) is 6.42 Å². The van der Waals surface area contributed by atoms with Gasteiger partial charge < -0.3 is 10.2 Å². The molecule has 4 nitrogen and oxygen atoms in total. The number of aromatic nitrogens is 2. The Labute approximate surface area is 157 Å². The van der Waals surface area contributed by atoms with Crippen molar-refractivity contribution in [3.8, 4) is 5.69 Å². The van der Waals surface area contributed by atoms with Crippen molar-refractivity contribution in [2.75, 3.05) is 31.5 Å². The number of hydrogen-bond acceptors (Lipinski definition) is 3. The van der Waals surface area contributed by atoms with Gasteiger partial charge in [-0.15, -0.1) is 0 Å². The molecule has 2 aliphatic heterocycles. The molecule has 4 rings (SSSR count). The third-order valence-corrected chi connectivity index (χ3v) is 6.08. The van der Waals surface area contributed by atoms with E-state index in [9.17, 15) is 0 Å². The van der Waals surface area contributed by atoms with E-state index in [0.717, 1.165) is 26.1 Å². The second kappa shape index (κ2) is 7.43. The van der Waals surface area contributed by atoms with E-state index in [1.54, 1.807) is 0 Å². The molecule has 2 aliphatic rings. The molecule has 1 fully saturated rings. The summed E-state index contributed by atoms with van der Waals surface area (Å²) in [6, 6.07) is 6.69. The molecular weight excluding hydrogens is 320 g/mol. The first kappa shape index (κ1) is 17.6. The van der Waals surface area contributed by atoms with E-state index in [1.165, 1.54) is 66.1 Å².